The van der Waals surface area contributed by atoms with Crippen LogP contribution < -0.4 is 5.32 Å². The van der Waals surface area contributed by atoms with Crippen molar-refractivity contribution >= 4 is 22.0 Å². The average molecular weight is 402 g/mol. The molecule has 148 valence electrons. The Morgan fingerprint density at radius 3 is 2.37 bits per heavy atom. The van der Waals surface area contributed by atoms with Crippen molar-refractivity contribution in [3.8, 4) is 0 Å². The largest absolute Gasteiger partial charge is 0.329 e. The lowest BCUT2D eigenvalue weighted by molar-refractivity contribution is -0.125. The summed E-state index contributed by atoms with van der Waals surface area (Å²) in [7, 11) is -4.10. The maximum atomic E-state index is 13.8. The van der Waals surface area contributed by atoms with E-state index in [1.54, 1.807) is 0 Å². The zero-order valence-corrected chi connectivity index (χ0v) is 15.3. The summed E-state index contributed by atoms with van der Waals surface area (Å²) in [6.07, 6.45) is 0.574. The molecule has 27 heavy (non-hydrogen) atoms. The van der Waals surface area contributed by atoms with Gasteiger partial charge in [-0.15, -0.1) is 0 Å². The Bertz CT molecular complexity index is 825. The molecule has 2 heterocycles. The number of nitrogens with zero attached hydrogens (tertiary/aromatic N) is 3. The molecule has 11 heteroatoms. The number of imide groups is 1. The van der Waals surface area contributed by atoms with Crippen molar-refractivity contribution < 1.29 is 26.8 Å². The second-order valence-corrected chi connectivity index (χ2v) is 8.28. The third-order valence-electron chi connectivity index (χ3n) is 4.64. The number of benzene rings is 1. The average Bonchev–Trinajstić information content (AvgIpc) is 2.96. The molecule has 1 N–H and O–H groups in total. The van der Waals surface area contributed by atoms with Crippen LogP contribution in [0.15, 0.2) is 23.1 Å². The van der Waals surface area contributed by atoms with Crippen LogP contribution in [0.2, 0.25) is 0 Å². The second kappa shape index (κ2) is 7.87. The first-order valence-electron chi connectivity index (χ1n) is 8.55. The maximum Gasteiger partial charge on any atom is 0.324 e. The molecule has 3 amide bonds. The highest BCUT2D eigenvalue weighted by Gasteiger charge is 2.31. The van der Waals surface area contributed by atoms with E-state index in [0.29, 0.717) is 38.7 Å². The fourth-order valence-corrected chi connectivity index (χ4v) is 4.64. The number of carbonyl (C=O) groups is 2. The highest BCUT2D eigenvalue weighted by molar-refractivity contribution is 7.89. The third kappa shape index (κ3) is 4.25. The van der Waals surface area contributed by atoms with Gasteiger partial charge in [-0.25, -0.2) is 22.0 Å². The highest BCUT2D eigenvalue weighted by Crippen LogP contribution is 2.21. The first-order valence-corrected chi connectivity index (χ1v) is 9.99. The van der Waals surface area contributed by atoms with Gasteiger partial charge >= 0.3 is 6.03 Å². The van der Waals surface area contributed by atoms with Gasteiger partial charge in [-0.3, -0.25) is 9.69 Å². The highest BCUT2D eigenvalue weighted by atomic mass is 32.2. The lowest BCUT2D eigenvalue weighted by atomic mass is 10.3. The molecule has 3 rings (SSSR count). The van der Waals surface area contributed by atoms with Crippen molar-refractivity contribution in [1.82, 2.24) is 19.4 Å². The zero-order valence-electron chi connectivity index (χ0n) is 14.5. The monoisotopic (exact) mass is 402 g/mol. The van der Waals surface area contributed by atoms with Crippen molar-refractivity contribution in [2.45, 2.75) is 11.3 Å². The Balaban J connectivity index is 1.52. The van der Waals surface area contributed by atoms with Crippen LogP contribution >= 0.6 is 0 Å². The molecule has 1 aromatic carbocycles. The quantitative estimate of drug-likeness (QED) is 0.688. The van der Waals surface area contributed by atoms with Crippen LogP contribution in [-0.2, 0) is 14.8 Å². The normalized spacial score (nSPS) is 19.6. The summed E-state index contributed by atoms with van der Waals surface area (Å²) < 4.78 is 53.4. The van der Waals surface area contributed by atoms with Crippen molar-refractivity contribution in [2.75, 3.05) is 45.8 Å². The SMILES string of the molecule is O=C1CNC(=O)N1CCCN1CCN(S(=O)(=O)c2cc(F)ccc2F)CC1. The Hall–Kier alpha value is -2.11. The van der Waals surface area contributed by atoms with Gasteiger partial charge in [0.15, 0.2) is 0 Å². The third-order valence-corrected chi connectivity index (χ3v) is 6.55. The number of urea groups is 1. The van der Waals surface area contributed by atoms with Crippen LogP contribution in [0.5, 0.6) is 0 Å². The van der Waals surface area contributed by atoms with E-state index in [-0.39, 0.29) is 25.5 Å². The van der Waals surface area contributed by atoms with Crippen LogP contribution in [0, 0.1) is 11.6 Å². The number of carbonyl (C=O) groups excluding carboxylic acids is 2. The van der Waals surface area contributed by atoms with Crippen molar-refractivity contribution in [2.24, 2.45) is 0 Å². The molecule has 0 bridgehead atoms. The van der Waals surface area contributed by atoms with Gasteiger partial charge in [-0.05, 0) is 31.2 Å². The van der Waals surface area contributed by atoms with Gasteiger partial charge in [0.25, 0.3) is 0 Å². The summed E-state index contributed by atoms with van der Waals surface area (Å²) in [5, 5.41) is 2.45. The Kier molecular flexibility index (Phi) is 5.72. The summed E-state index contributed by atoms with van der Waals surface area (Å²) in [4.78, 5) is 25.5. The molecule has 0 unspecified atom stereocenters. The van der Waals surface area contributed by atoms with Gasteiger partial charge in [0, 0.05) is 32.7 Å². The molecule has 1 aromatic rings. The molecular weight excluding hydrogens is 382 g/mol. The van der Waals surface area contributed by atoms with Crippen LogP contribution in [0.25, 0.3) is 0 Å². The summed E-state index contributed by atoms with van der Waals surface area (Å²) >= 11 is 0. The number of halogens is 2. The number of amides is 3. The topological polar surface area (TPSA) is 90.0 Å². The van der Waals surface area contributed by atoms with E-state index in [9.17, 15) is 26.8 Å². The lowest BCUT2D eigenvalue weighted by Gasteiger charge is -2.34. The molecule has 2 fully saturated rings. The van der Waals surface area contributed by atoms with Gasteiger partial charge < -0.3 is 10.2 Å². The van der Waals surface area contributed by atoms with E-state index in [4.69, 9.17) is 0 Å². The minimum absolute atomic E-state index is 0.0198. The van der Waals surface area contributed by atoms with Crippen molar-refractivity contribution in [3.05, 3.63) is 29.8 Å². The van der Waals surface area contributed by atoms with E-state index in [0.717, 1.165) is 21.3 Å². The van der Waals surface area contributed by atoms with Crippen LogP contribution in [0.3, 0.4) is 0 Å². The number of hydrogen-bond acceptors (Lipinski definition) is 5. The fraction of sp³-hybridized carbons (Fsp3) is 0.500. The Morgan fingerprint density at radius 1 is 1.04 bits per heavy atom. The first kappa shape index (κ1) is 19.6. The number of rotatable bonds is 6. The summed E-state index contributed by atoms with van der Waals surface area (Å²) in [5.41, 5.74) is 0. The van der Waals surface area contributed by atoms with E-state index in [1.807, 2.05) is 4.90 Å². The van der Waals surface area contributed by atoms with Gasteiger partial charge in [0.1, 0.15) is 16.5 Å². The molecule has 0 radical (unpaired) electrons. The molecule has 2 aliphatic heterocycles. The summed E-state index contributed by atoms with van der Waals surface area (Å²) in [6, 6.07) is 1.97. The fourth-order valence-electron chi connectivity index (χ4n) is 3.14. The first-order chi connectivity index (χ1) is 12.8. The van der Waals surface area contributed by atoms with Gasteiger partial charge in [0.2, 0.25) is 15.9 Å². The number of nitrogens with one attached hydrogen (secondary N) is 1. The molecule has 0 spiro atoms. The molecular formula is C16H20F2N4O4S. The molecule has 0 aliphatic carbocycles. The van der Waals surface area contributed by atoms with Crippen LogP contribution in [-0.4, -0.2) is 80.3 Å². The Morgan fingerprint density at radius 2 is 1.74 bits per heavy atom. The van der Waals surface area contributed by atoms with Gasteiger partial charge in [0.05, 0.1) is 6.54 Å². The van der Waals surface area contributed by atoms with Crippen LogP contribution in [0.4, 0.5) is 13.6 Å². The molecule has 2 saturated heterocycles. The predicted molar refractivity (Wildman–Crippen MR) is 91.3 cm³/mol. The summed E-state index contributed by atoms with van der Waals surface area (Å²) in [5.74, 6) is -2.05. The van der Waals surface area contributed by atoms with Crippen molar-refractivity contribution in [1.29, 1.82) is 0 Å². The molecule has 0 aromatic heterocycles. The maximum absolute atomic E-state index is 13.8. The number of sulfonamides is 1. The molecule has 0 saturated carbocycles. The van der Waals surface area contributed by atoms with Gasteiger partial charge in [-0.1, -0.05) is 0 Å². The number of hydrogen-bond donors (Lipinski definition) is 1. The smallest absolute Gasteiger partial charge is 0.324 e. The van der Waals surface area contributed by atoms with E-state index in [2.05, 4.69) is 5.32 Å². The molecule has 8 nitrogen and oxygen atoms in total. The van der Waals surface area contributed by atoms with Gasteiger partial charge in [-0.2, -0.15) is 4.31 Å². The summed E-state index contributed by atoms with van der Waals surface area (Å²) in [6.45, 7) is 2.08. The predicted octanol–water partition coefficient (Wildman–Crippen LogP) is 0.213. The van der Waals surface area contributed by atoms with E-state index < -0.39 is 32.6 Å². The number of piperazine rings is 1. The van der Waals surface area contributed by atoms with E-state index >= 15 is 0 Å². The molecule has 0 atom stereocenters. The zero-order chi connectivity index (χ0) is 19.6. The lowest BCUT2D eigenvalue weighted by Crippen LogP contribution is -2.49. The Labute approximate surface area is 155 Å². The second-order valence-electron chi connectivity index (χ2n) is 6.38. The van der Waals surface area contributed by atoms with Crippen LogP contribution in [0.1, 0.15) is 6.42 Å². The standard InChI is InChI=1S/C16H20F2N4O4S/c17-12-2-3-13(18)14(10-12)27(25,26)21-8-6-20(7-9-21)4-1-5-22-15(23)11-19-16(22)24/h2-3,10H,1,4-9,11H2,(H,19,24). The molecule has 2 aliphatic rings. The van der Waals surface area contributed by atoms with Crippen molar-refractivity contribution in [3.63, 3.8) is 0 Å². The minimum Gasteiger partial charge on any atom is -0.329 e. The minimum atomic E-state index is -4.10. The van der Waals surface area contributed by atoms with E-state index in [1.165, 1.54) is 0 Å².